The molecule has 0 saturated carbocycles. The third-order valence-electron chi connectivity index (χ3n) is 20.0. The third-order valence-corrected chi connectivity index (χ3v) is 20.0. The molecular formula is C77H84N4O16. The predicted molar refractivity (Wildman–Crippen MR) is 364 cm³/mol. The Morgan fingerprint density at radius 2 is 1.13 bits per heavy atom. The zero-order valence-corrected chi connectivity index (χ0v) is 56.7. The van der Waals surface area contributed by atoms with Crippen molar-refractivity contribution >= 4 is 46.4 Å². The number of ketones is 1. The van der Waals surface area contributed by atoms with Crippen molar-refractivity contribution in [1.29, 1.82) is 0 Å². The smallest absolute Gasteiger partial charge is 0.306 e. The lowest BCUT2D eigenvalue weighted by Crippen LogP contribution is -2.61. The summed E-state index contributed by atoms with van der Waals surface area (Å²) < 4.78 is 48.8. The Bertz CT molecular complexity index is 4130. The maximum atomic E-state index is 13.6. The van der Waals surface area contributed by atoms with Gasteiger partial charge >= 0.3 is 17.9 Å². The van der Waals surface area contributed by atoms with Crippen LogP contribution in [0.3, 0.4) is 0 Å². The molecule has 0 N–H and O–H groups in total. The number of non-ortho nitro benzene ring substituents is 2. The number of esters is 3. The number of hydrogen-bond donors (Lipinski definition) is 0. The van der Waals surface area contributed by atoms with E-state index < -0.39 is 56.0 Å². The average molecular weight is 1320 g/mol. The van der Waals surface area contributed by atoms with E-state index in [0.29, 0.717) is 85.1 Å². The highest BCUT2D eigenvalue weighted by molar-refractivity contribution is 5.81. The number of para-hydroxylation sites is 1. The van der Waals surface area contributed by atoms with Gasteiger partial charge in [-0.3, -0.25) is 34.6 Å². The summed E-state index contributed by atoms with van der Waals surface area (Å²) in [5.41, 5.74) is 6.30. The van der Waals surface area contributed by atoms with Crippen LogP contribution in [0.4, 0.5) is 22.7 Å². The van der Waals surface area contributed by atoms with E-state index in [4.69, 9.17) is 37.9 Å². The van der Waals surface area contributed by atoms with E-state index in [0.717, 1.165) is 50.4 Å². The van der Waals surface area contributed by atoms with Gasteiger partial charge < -0.3 is 52.5 Å². The fraction of sp³-hybridized carbons (Fsp3) is 0.403. The molecule has 4 aliphatic rings. The van der Waals surface area contributed by atoms with Crippen LogP contribution in [-0.4, -0.2) is 83.9 Å². The second kappa shape index (κ2) is 27.7. The van der Waals surface area contributed by atoms with Crippen molar-refractivity contribution in [3.63, 3.8) is 0 Å². The Morgan fingerprint density at radius 1 is 0.598 bits per heavy atom. The lowest BCUT2D eigenvalue weighted by Gasteiger charge is -2.50. The minimum absolute atomic E-state index is 0.0162. The first kappa shape index (κ1) is 68.6. The topological polar surface area (TPSA) is 235 Å². The van der Waals surface area contributed by atoms with Crippen LogP contribution >= 0.6 is 0 Å². The molecule has 11 rings (SSSR count). The molecule has 4 atom stereocenters. The maximum Gasteiger partial charge on any atom is 0.306 e. The molecule has 4 unspecified atom stereocenters. The standard InChI is InChI=1S/C77H84N4O16/c1-49(82)19-32-68(83)93-46-56-38-60(80(86)87)37-54-35-36-77(97-71(54)56)75(8,9)65-17-13-14-18-66(65)79(77)43-53-22-20-52(21-23-53)42-78-48-76(41-55-15-11-12-16-64(55)74(76,6)7)96-72-57(39-61(81(88)89)40-67(72)78)47-94-69(84)33-34-70(85)95-51(3)45-92-63-30-26-59(27-31-63)73(4,5)58-24-28-62(29-25-58)91-44-50(2)90-10/h11-18,20-31,37-40,50-51H,19,32-36,41-48H2,1-10H3. The number of anilines is 2. The number of methoxy groups -OCH3 is 1. The Morgan fingerprint density at radius 3 is 1.72 bits per heavy atom. The fourth-order valence-electron chi connectivity index (χ4n) is 14.1. The van der Waals surface area contributed by atoms with E-state index in [-0.39, 0.29) is 74.2 Å². The Kier molecular flexibility index (Phi) is 19.6. The first-order valence-corrected chi connectivity index (χ1v) is 33.0. The zero-order valence-electron chi connectivity index (χ0n) is 56.7. The van der Waals surface area contributed by atoms with Gasteiger partial charge in [-0.1, -0.05) is 119 Å². The first-order chi connectivity index (χ1) is 46.2. The summed E-state index contributed by atoms with van der Waals surface area (Å²) in [4.78, 5) is 79.6. The number of nitro groups is 2. The Hall–Kier alpha value is -9.82. The molecule has 0 aromatic heterocycles. The number of fused-ring (bicyclic) bond motifs is 4. The molecule has 0 radical (unpaired) electrons. The van der Waals surface area contributed by atoms with Crippen LogP contribution in [0.2, 0.25) is 0 Å². The average Bonchev–Trinajstić information content (AvgIpc) is 1.57. The van der Waals surface area contributed by atoms with Crippen LogP contribution in [0.25, 0.3) is 0 Å². The third kappa shape index (κ3) is 14.1. The summed E-state index contributed by atoms with van der Waals surface area (Å²) in [6, 6.07) is 46.2. The largest absolute Gasteiger partial charge is 0.491 e. The minimum Gasteiger partial charge on any atom is -0.491 e. The van der Waals surface area contributed by atoms with Gasteiger partial charge in [-0.15, -0.1) is 0 Å². The van der Waals surface area contributed by atoms with Crippen LogP contribution in [0.1, 0.15) is 150 Å². The normalized spacial score (nSPS) is 18.3. The lowest BCUT2D eigenvalue weighted by atomic mass is 9.73. The van der Waals surface area contributed by atoms with E-state index in [9.17, 15) is 39.4 Å². The van der Waals surface area contributed by atoms with E-state index in [2.05, 4.69) is 99.9 Å². The molecule has 2 spiro atoms. The van der Waals surface area contributed by atoms with Crippen molar-refractivity contribution in [3.05, 3.63) is 221 Å². The van der Waals surface area contributed by atoms with E-state index in [1.54, 1.807) is 14.0 Å². The molecule has 0 saturated heterocycles. The van der Waals surface area contributed by atoms with Gasteiger partial charge in [0.05, 0.1) is 52.9 Å². The van der Waals surface area contributed by atoms with Crippen molar-refractivity contribution in [2.45, 2.75) is 173 Å². The van der Waals surface area contributed by atoms with Crippen molar-refractivity contribution in [1.82, 2.24) is 0 Å². The number of rotatable bonds is 26. The van der Waals surface area contributed by atoms with Gasteiger partial charge in [-0.25, -0.2) is 0 Å². The second-order valence-corrected chi connectivity index (χ2v) is 27.6. The maximum absolute atomic E-state index is 13.6. The summed E-state index contributed by atoms with van der Waals surface area (Å²) in [5.74, 6) is 0.0599. The van der Waals surface area contributed by atoms with E-state index >= 15 is 0 Å². The van der Waals surface area contributed by atoms with Gasteiger partial charge in [-0.2, -0.15) is 0 Å². The highest BCUT2D eigenvalue weighted by atomic mass is 16.6. The van der Waals surface area contributed by atoms with Crippen LogP contribution in [0.15, 0.2) is 146 Å². The SMILES string of the molecule is COC(C)COc1ccc(C(C)(C)c2ccc(OCC(C)OC(=O)CCC(=O)OCc3cc([N+](=O)[O-])cc4c3OC3(Cc5ccccc5C3(C)C)CN4Cc3ccc(CN4c5ccccc5C(C)(C)C45CCc4cc([N+](=O)[O-])cc(COC(=O)CCC(C)=O)c4O5)cc3)cc2)cc1. The first-order valence-electron chi connectivity index (χ1n) is 33.0. The second-order valence-electron chi connectivity index (χ2n) is 27.6. The quantitative estimate of drug-likeness (QED) is 0.0212. The molecule has 20 heteroatoms. The van der Waals surface area contributed by atoms with Gasteiger partial charge in [0, 0.05) is 96.9 Å². The Labute approximate surface area is 565 Å². The van der Waals surface area contributed by atoms with E-state index in [1.807, 2.05) is 79.7 Å². The molecular weight excluding hydrogens is 1240 g/mol. The highest BCUT2D eigenvalue weighted by Gasteiger charge is 2.61. The number of nitro benzene ring substituents is 2. The summed E-state index contributed by atoms with van der Waals surface area (Å²) in [6.07, 6.45) is 0.0922. The predicted octanol–water partition coefficient (Wildman–Crippen LogP) is 14.2. The van der Waals surface area contributed by atoms with Crippen molar-refractivity contribution in [2.24, 2.45) is 0 Å². The summed E-state index contributed by atoms with van der Waals surface area (Å²) >= 11 is 0. The molecule has 1 aliphatic carbocycles. The van der Waals surface area contributed by atoms with Crippen LogP contribution < -0.4 is 28.7 Å². The van der Waals surface area contributed by atoms with Crippen molar-refractivity contribution in [2.75, 3.05) is 36.7 Å². The number of carbonyl (C=O) groups is 4. The molecule has 0 fully saturated rings. The Balaban J connectivity index is 0.775. The number of ether oxygens (including phenoxy) is 8. The van der Waals surface area contributed by atoms with Gasteiger partial charge in [0.2, 0.25) is 0 Å². The highest BCUT2D eigenvalue weighted by Crippen LogP contribution is 2.58. The molecule has 7 aromatic rings. The van der Waals surface area contributed by atoms with Gasteiger partial charge in [0.15, 0.2) is 11.5 Å². The zero-order chi connectivity index (χ0) is 69.2. The van der Waals surface area contributed by atoms with Gasteiger partial charge in [0.1, 0.15) is 61.2 Å². The van der Waals surface area contributed by atoms with Crippen LogP contribution in [-0.2, 0) is 93.5 Å². The van der Waals surface area contributed by atoms with Crippen LogP contribution in [0.5, 0.6) is 23.0 Å². The monoisotopic (exact) mass is 1320 g/mol. The summed E-state index contributed by atoms with van der Waals surface area (Å²) in [7, 11) is 1.65. The molecule has 3 aliphatic heterocycles. The van der Waals surface area contributed by atoms with Gasteiger partial charge in [-0.05, 0) is 110 Å². The molecule has 508 valence electrons. The number of benzene rings is 7. The van der Waals surface area contributed by atoms with E-state index in [1.165, 1.54) is 31.2 Å². The number of Topliss-reactive ketones (excluding diaryl/α,β-unsaturated/α-hetero) is 1. The lowest BCUT2D eigenvalue weighted by molar-refractivity contribution is -0.385. The molecule has 0 bridgehead atoms. The van der Waals surface area contributed by atoms with Crippen molar-refractivity contribution < 1.29 is 66.9 Å². The summed E-state index contributed by atoms with van der Waals surface area (Å²) in [5, 5.41) is 25.0. The molecule has 3 heterocycles. The minimum atomic E-state index is -1.00. The molecule has 7 aromatic carbocycles. The molecule has 20 nitrogen and oxygen atoms in total. The number of carbonyl (C=O) groups excluding carboxylic acids is 4. The molecule has 0 amide bonds. The number of aryl methyl sites for hydroxylation is 1. The van der Waals surface area contributed by atoms with Crippen LogP contribution in [0, 0.1) is 20.2 Å². The number of hydrogen-bond acceptors (Lipinski definition) is 18. The summed E-state index contributed by atoms with van der Waals surface area (Å²) in [6.45, 7) is 18.9. The van der Waals surface area contributed by atoms with Gasteiger partial charge in [0.25, 0.3) is 11.4 Å². The number of nitrogens with zero attached hydrogens (tertiary/aromatic N) is 4. The molecule has 97 heavy (non-hydrogen) atoms. The van der Waals surface area contributed by atoms with Crippen molar-refractivity contribution in [3.8, 4) is 23.0 Å². The fourth-order valence-corrected chi connectivity index (χ4v) is 14.1.